The van der Waals surface area contributed by atoms with Gasteiger partial charge in [0.2, 0.25) is 0 Å². The zero-order valence-electron chi connectivity index (χ0n) is 15.8. The van der Waals surface area contributed by atoms with Crippen molar-refractivity contribution in [1.29, 1.82) is 0 Å². The molecule has 0 unspecified atom stereocenters. The van der Waals surface area contributed by atoms with E-state index < -0.39 is 0 Å². The lowest BCUT2D eigenvalue weighted by molar-refractivity contribution is 0.0996. The largest absolute Gasteiger partial charge is 0.459 e. The van der Waals surface area contributed by atoms with Gasteiger partial charge in [0.1, 0.15) is 0 Å². The molecule has 3 N–H and O–H groups in total. The minimum Gasteiger partial charge on any atom is -0.459 e. The number of nitrogens with zero attached hydrogens (tertiary/aromatic N) is 1. The second-order valence-corrected chi connectivity index (χ2v) is 6.81. The van der Waals surface area contributed by atoms with Gasteiger partial charge in [-0.3, -0.25) is 4.79 Å². The third-order valence-corrected chi connectivity index (χ3v) is 4.64. The van der Waals surface area contributed by atoms with Gasteiger partial charge in [-0.05, 0) is 49.6 Å². The van der Waals surface area contributed by atoms with E-state index in [1.807, 2.05) is 24.3 Å². The van der Waals surface area contributed by atoms with Gasteiger partial charge in [0.15, 0.2) is 11.7 Å². The van der Waals surface area contributed by atoms with Gasteiger partial charge in [-0.2, -0.15) is 0 Å². The number of carbonyl (C=O) groups is 1. The summed E-state index contributed by atoms with van der Waals surface area (Å²) in [6.07, 6.45) is 7.81. The minimum atomic E-state index is -0.257. The summed E-state index contributed by atoms with van der Waals surface area (Å²) in [6, 6.07) is 11.6. The van der Waals surface area contributed by atoms with Crippen LogP contribution in [-0.4, -0.2) is 24.5 Å². The number of carbonyl (C=O) groups excluding carboxylic acids is 1. The molecule has 1 saturated carbocycles. The highest BCUT2D eigenvalue weighted by Gasteiger charge is 2.14. The highest BCUT2D eigenvalue weighted by Crippen LogP contribution is 2.17. The molecule has 1 aliphatic carbocycles. The smallest absolute Gasteiger partial charge is 0.291 e. The lowest BCUT2D eigenvalue weighted by Gasteiger charge is -2.24. The first-order chi connectivity index (χ1) is 13.2. The molecular weight excluding hydrogens is 340 g/mol. The molecule has 0 bridgehead atoms. The topological polar surface area (TPSA) is 78.7 Å². The van der Waals surface area contributed by atoms with E-state index in [0.717, 1.165) is 23.8 Å². The molecule has 1 aromatic heterocycles. The van der Waals surface area contributed by atoms with E-state index in [-0.39, 0.29) is 5.91 Å². The monoisotopic (exact) mass is 368 g/mol. The molecule has 0 spiro atoms. The number of guanidine groups is 1. The average Bonchev–Trinajstić information content (AvgIpc) is 3.22. The number of nitrogens with one attached hydrogen (secondary N) is 3. The highest BCUT2D eigenvalue weighted by atomic mass is 16.3. The number of hydrogen-bond acceptors (Lipinski definition) is 3. The molecular formula is C21H28N4O2. The average molecular weight is 368 g/mol. The Morgan fingerprint density at radius 3 is 2.78 bits per heavy atom. The van der Waals surface area contributed by atoms with Gasteiger partial charge in [-0.15, -0.1) is 0 Å². The van der Waals surface area contributed by atoms with Crippen molar-refractivity contribution in [2.45, 2.75) is 51.6 Å². The predicted octanol–water partition coefficient (Wildman–Crippen LogP) is 3.92. The van der Waals surface area contributed by atoms with E-state index in [1.54, 1.807) is 12.1 Å². The molecule has 1 fully saturated rings. The fourth-order valence-corrected chi connectivity index (χ4v) is 3.28. The first-order valence-electron chi connectivity index (χ1n) is 9.73. The summed E-state index contributed by atoms with van der Waals surface area (Å²) < 4.78 is 5.13. The molecule has 6 heteroatoms. The van der Waals surface area contributed by atoms with Crippen molar-refractivity contribution >= 4 is 17.6 Å². The minimum absolute atomic E-state index is 0.257. The van der Waals surface area contributed by atoms with Crippen molar-refractivity contribution < 1.29 is 9.21 Å². The second-order valence-electron chi connectivity index (χ2n) is 6.81. The van der Waals surface area contributed by atoms with Crippen molar-refractivity contribution in [2.24, 2.45) is 4.99 Å². The van der Waals surface area contributed by atoms with Crippen LogP contribution >= 0.6 is 0 Å². The fourth-order valence-electron chi connectivity index (χ4n) is 3.28. The van der Waals surface area contributed by atoms with Crippen LogP contribution in [-0.2, 0) is 6.54 Å². The molecule has 27 heavy (non-hydrogen) atoms. The maximum absolute atomic E-state index is 12.1. The van der Waals surface area contributed by atoms with Crippen molar-refractivity contribution in [2.75, 3.05) is 11.9 Å². The van der Waals surface area contributed by atoms with Crippen LogP contribution in [0.15, 0.2) is 52.1 Å². The van der Waals surface area contributed by atoms with E-state index in [9.17, 15) is 4.79 Å². The van der Waals surface area contributed by atoms with Gasteiger partial charge >= 0.3 is 0 Å². The van der Waals surface area contributed by atoms with Crippen molar-refractivity contribution in [3.05, 3.63) is 54.0 Å². The van der Waals surface area contributed by atoms with Crippen LogP contribution in [0.4, 0.5) is 5.69 Å². The van der Waals surface area contributed by atoms with Gasteiger partial charge in [0, 0.05) is 18.3 Å². The summed E-state index contributed by atoms with van der Waals surface area (Å²) in [4.78, 5) is 16.8. The zero-order valence-corrected chi connectivity index (χ0v) is 15.8. The van der Waals surface area contributed by atoms with Crippen LogP contribution in [0.3, 0.4) is 0 Å². The summed E-state index contributed by atoms with van der Waals surface area (Å²) in [5.74, 6) is 0.895. The van der Waals surface area contributed by atoms with E-state index in [1.165, 1.54) is 38.4 Å². The van der Waals surface area contributed by atoms with Crippen LogP contribution in [0.25, 0.3) is 0 Å². The number of hydrogen-bond donors (Lipinski definition) is 3. The molecule has 3 rings (SSSR count). The van der Waals surface area contributed by atoms with E-state index in [2.05, 4.69) is 22.9 Å². The maximum atomic E-state index is 12.1. The van der Waals surface area contributed by atoms with Crippen LogP contribution in [0.1, 0.15) is 55.1 Å². The zero-order chi connectivity index (χ0) is 18.9. The number of furan rings is 1. The molecule has 0 atom stereocenters. The van der Waals surface area contributed by atoms with E-state index in [0.29, 0.717) is 18.3 Å². The van der Waals surface area contributed by atoms with Crippen LogP contribution in [0, 0.1) is 0 Å². The number of amides is 1. The molecule has 0 saturated heterocycles. The van der Waals surface area contributed by atoms with Crippen molar-refractivity contribution in [1.82, 2.24) is 10.6 Å². The molecule has 6 nitrogen and oxygen atoms in total. The van der Waals surface area contributed by atoms with E-state index >= 15 is 0 Å². The van der Waals surface area contributed by atoms with Crippen LogP contribution < -0.4 is 16.0 Å². The van der Waals surface area contributed by atoms with Gasteiger partial charge in [0.05, 0.1) is 12.8 Å². The predicted molar refractivity (Wildman–Crippen MR) is 108 cm³/mol. The lowest BCUT2D eigenvalue weighted by atomic mass is 9.96. The van der Waals surface area contributed by atoms with Crippen LogP contribution in [0.5, 0.6) is 0 Å². The summed E-state index contributed by atoms with van der Waals surface area (Å²) in [5, 5.41) is 9.72. The molecule has 0 aliphatic heterocycles. The number of anilines is 1. The molecule has 1 aliphatic rings. The van der Waals surface area contributed by atoms with Crippen LogP contribution in [0.2, 0.25) is 0 Å². The number of aliphatic imine (C=N–C) groups is 1. The van der Waals surface area contributed by atoms with Crippen molar-refractivity contribution in [3.63, 3.8) is 0 Å². The fraction of sp³-hybridized carbons (Fsp3) is 0.429. The molecule has 0 radical (unpaired) electrons. The molecule has 1 aromatic carbocycles. The SMILES string of the molecule is CCNC(=NCc1cccc(NC(=O)c2ccco2)c1)NC1CCCCC1. The highest BCUT2D eigenvalue weighted by molar-refractivity contribution is 6.02. The molecule has 1 heterocycles. The first-order valence-corrected chi connectivity index (χ1v) is 9.73. The third kappa shape index (κ3) is 5.88. The summed E-state index contributed by atoms with van der Waals surface area (Å²) >= 11 is 0. The molecule has 1 amide bonds. The third-order valence-electron chi connectivity index (χ3n) is 4.64. The Balaban J connectivity index is 1.61. The van der Waals surface area contributed by atoms with Gasteiger partial charge in [-0.25, -0.2) is 4.99 Å². The first kappa shape index (κ1) is 19.0. The quantitative estimate of drug-likeness (QED) is 0.533. The number of benzene rings is 1. The Labute approximate surface area is 160 Å². The normalized spacial score (nSPS) is 15.4. The second kappa shape index (κ2) is 9.80. The Morgan fingerprint density at radius 1 is 1.19 bits per heavy atom. The summed E-state index contributed by atoms with van der Waals surface area (Å²) in [6.45, 7) is 3.45. The standard InChI is InChI=1S/C21H28N4O2/c1-2-22-21(25-17-9-4-3-5-10-17)23-15-16-8-6-11-18(14-16)24-20(26)19-12-7-13-27-19/h6-8,11-14,17H,2-5,9-10,15H2,1H3,(H,24,26)(H2,22,23,25). The van der Waals surface area contributed by atoms with E-state index in [4.69, 9.17) is 9.41 Å². The number of rotatable bonds is 6. The maximum Gasteiger partial charge on any atom is 0.291 e. The molecule has 144 valence electrons. The Morgan fingerprint density at radius 2 is 2.04 bits per heavy atom. The summed E-state index contributed by atoms with van der Waals surface area (Å²) in [5.41, 5.74) is 1.77. The Bertz CT molecular complexity index is 749. The Kier molecular flexibility index (Phi) is 6.90. The Hall–Kier alpha value is -2.76. The van der Waals surface area contributed by atoms with Gasteiger partial charge < -0.3 is 20.4 Å². The van der Waals surface area contributed by atoms with Gasteiger partial charge in [-0.1, -0.05) is 31.4 Å². The van der Waals surface area contributed by atoms with Gasteiger partial charge in [0.25, 0.3) is 5.91 Å². The van der Waals surface area contributed by atoms with Crippen molar-refractivity contribution in [3.8, 4) is 0 Å². The lowest BCUT2D eigenvalue weighted by Crippen LogP contribution is -2.44. The molecule has 2 aromatic rings. The summed E-state index contributed by atoms with van der Waals surface area (Å²) in [7, 11) is 0.